The van der Waals surface area contributed by atoms with E-state index in [9.17, 15) is 43.2 Å². The van der Waals surface area contributed by atoms with Crippen LogP contribution in [-0.2, 0) is 20.0 Å². The number of alkyl halides is 6. The highest BCUT2D eigenvalue weighted by Crippen LogP contribution is 2.54. The van der Waals surface area contributed by atoms with E-state index >= 15 is 0 Å². The van der Waals surface area contributed by atoms with E-state index < -0.39 is 50.1 Å². The molecule has 0 fully saturated rings. The molecule has 0 unspecified atom stereocenters. The van der Waals surface area contributed by atoms with Gasteiger partial charge in [-0.2, -0.15) is 36.6 Å². The molecule has 0 aliphatic carbocycles. The summed E-state index contributed by atoms with van der Waals surface area (Å²) >= 11 is 0. The zero-order valence-electron chi connectivity index (χ0n) is 11.0. The van der Waals surface area contributed by atoms with Gasteiger partial charge in [0.05, 0.1) is 0 Å². The fraction of sp³-hybridized carbons (Fsp3) is 1.00. The number of nitrogens with zero attached hydrogens (tertiary/aromatic N) is 1. The van der Waals surface area contributed by atoms with E-state index in [-0.39, 0.29) is 6.42 Å². The Kier molecular flexibility index (Phi) is 5.72. The lowest BCUT2D eigenvalue weighted by atomic mass is 10.6. The van der Waals surface area contributed by atoms with Crippen LogP contribution in [0.2, 0.25) is 0 Å². The summed E-state index contributed by atoms with van der Waals surface area (Å²) in [6.45, 7) is 1.37. The van der Waals surface area contributed by atoms with Gasteiger partial charge in [-0.15, -0.1) is 0 Å². The number of hydrogen-bond acceptors (Lipinski definition) is 4. The van der Waals surface area contributed by atoms with Gasteiger partial charge in [0.25, 0.3) is 0 Å². The van der Waals surface area contributed by atoms with E-state index in [2.05, 4.69) is 0 Å². The van der Waals surface area contributed by atoms with Crippen molar-refractivity contribution in [1.29, 1.82) is 0 Å². The van der Waals surface area contributed by atoms with E-state index in [1.54, 1.807) is 0 Å². The number of halogens is 6. The molecule has 0 saturated carbocycles. The molecule has 0 aliphatic rings. The van der Waals surface area contributed by atoms with Gasteiger partial charge in [0.15, 0.2) is 0 Å². The molecule has 0 radical (unpaired) electrons. The van der Waals surface area contributed by atoms with Crippen LogP contribution in [0.25, 0.3) is 0 Å². The van der Waals surface area contributed by atoms with Gasteiger partial charge in [-0.25, -0.2) is 16.8 Å². The fourth-order valence-electron chi connectivity index (χ4n) is 1.40. The minimum absolute atomic E-state index is 0.000409. The maximum Gasteiger partial charge on any atom is 0.513 e. The van der Waals surface area contributed by atoms with Crippen LogP contribution in [-0.4, -0.2) is 49.2 Å². The van der Waals surface area contributed by atoms with E-state index in [1.807, 2.05) is 0 Å². The van der Waals surface area contributed by atoms with Crippen LogP contribution in [0, 0.1) is 0 Å². The van der Waals surface area contributed by atoms with E-state index in [4.69, 9.17) is 0 Å². The Labute approximate surface area is 119 Å². The Hall–Kier alpha value is -0.210. The normalized spacial score (nSPS) is 16.3. The molecule has 0 N–H and O–H groups in total. The van der Waals surface area contributed by atoms with Gasteiger partial charge in [-0.1, -0.05) is 6.92 Å². The van der Waals surface area contributed by atoms with Crippen molar-refractivity contribution in [3.63, 3.8) is 0 Å². The monoisotopic (exact) mass is 385 g/mol. The fourth-order valence-corrected chi connectivity index (χ4v) is 9.63. The molecule has 14 heteroatoms. The quantitative estimate of drug-likeness (QED) is 0.682. The summed E-state index contributed by atoms with van der Waals surface area (Å²) < 4.78 is 119. The summed E-state index contributed by atoms with van der Waals surface area (Å²) in [6.07, 6.45) is 1.51. The predicted molar refractivity (Wildman–Crippen MR) is 66.4 cm³/mol. The third kappa shape index (κ3) is 3.96. The minimum atomic E-state index is -6.70. The van der Waals surface area contributed by atoms with Gasteiger partial charge in [0.1, 0.15) is 0 Å². The van der Waals surface area contributed by atoms with Crippen molar-refractivity contribution in [1.82, 2.24) is 3.12 Å². The van der Waals surface area contributed by atoms with Crippen LogP contribution in [0.15, 0.2) is 0 Å². The highest BCUT2D eigenvalue weighted by molar-refractivity contribution is 8.40. The Morgan fingerprint density at radius 1 is 0.810 bits per heavy atom. The van der Waals surface area contributed by atoms with Crippen molar-refractivity contribution in [3.05, 3.63) is 0 Å². The van der Waals surface area contributed by atoms with Crippen molar-refractivity contribution in [3.8, 4) is 0 Å². The molecule has 0 amide bonds. The van der Waals surface area contributed by atoms with Gasteiger partial charge in [-0.3, -0.25) is 0 Å². The lowest BCUT2D eigenvalue weighted by Crippen LogP contribution is -2.50. The van der Waals surface area contributed by atoms with Crippen molar-refractivity contribution < 1.29 is 43.2 Å². The number of rotatable bonds is 5. The largest absolute Gasteiger partial charge is 0.513 e. The van der Waals surface area contributed by atoms with E-state index in [0.29, 0.717) is 0 Å². The van der Waals surface area contributed by atoms with E-state index in [0.717, 1.165) is 12.5 Å². The molecular formula is C7H13F6NO4S3. The molecule has 0 spiro atoms. The van der Waals surface area contributed by atoms with Gasteiger partial charge in [0, 0.05) is 0 Å². The first-order chi connectivity index (χ1) is 8.93. The van der Waals surface area contributed by atoms with Crippen LogP contribution in [0.1, 0.15) is 13.3 Å². The Balaban J connectivity index is 6.50. The Bertz CT molecular complexity index is 532. The van der Waals surface area contributed by atoms with Crippen LogP contribution in [0.3, 0.4) is 0 Å². The van der Waals surface area contributed by atoms with Crippen LogP contribution in [0.5, 0.6) is 0 Å². The standard InChI is InChI=1S/C7H13F6NO4S3/c1-4-5-19(2,3)14(20(15,16)6(8,9)10)21(17,18)7(11,12)13/h4-5H2,1-3H3. The summed E-state index contributed by atoms with van der Waals surface area (Å²) in [7, 11) is -16.8. The average molecular weight is 385 g/mol. The molecule has 5 nitrogen and oxygen atoms in total. The second kappa shape index (κ2) is 5.77. The molecule has 0 saturated heterocycles. The lowest BCUT2D eigenvalue weighted by Gasteiger charge is -2.40. The summed E-state index contributed by atoms with van der Waals surface area (Å²) in [5, 5.41) is 0. The third-order valence-electron chi connectivity index (χ3n) is 2.08. The van der Waals surface area contributed by atoms with Crippen LogP contribution >= 0.6 is 10.2 Å². The van der Waals surface area contributed by atoms with Crippen molar-refractivity contribution in [2.24, 2.45) is 0 Å². The molecule has 0 aromatic heterocycles. The second-order valence-electron chi connectivity index (χ2n) is 4.25. The predicted octanol–water partition coefficient (Wildman–Crippen LogP) is 2.38. The average Bonchev–Trinajstić information content (AvgIpc) is 2.10. The highest BCUT2D eigenvalue weighted by atomic mass is 32.4. The van der Waals surface area contributed by atoms with Gasteiger partial charge in [0.2, 0.25) is 0 Å². The molecule has 0 aromatic carbocycles. The molecule has 130 valence electrons. The number of hydrogen-bond donors (Lipinski definition) is 0. The zero-order chi connectivity index (χ0) is 17.5. The first-order valence-corrected chi connectivity index (χ1v) is 10.5. The summed E-state index contributed by atoms with van der Waals surface area (Å²) in [6, 6.07) is 0. The molecule has 0 bridgehead atoms. The molecule has 21 heavy (non-hydrogen) atoms. The van der Waals surface area contributed by atoms with Crippen molar-refractivity contribution in [2.45, 2.75) is 24.4 Å². The minimum Gasteiger partial charge on any atom is -0.201 e. The second-order valence-corrected chi connectivity index (χ2v) is 12.2. The van der Waals surface area contributed by atoms with Crippen LogP contribution < -0.4 is 0 Å². The van der Waals surface area contributed by atoms with Crippen molar-refractivity contribution >= 4 is 30.3 Å². The lowest BCUT2D eigenvalue weighted by molar-refractivity contribution is -0.0505. The van der Waals surface area contributed by atoms with Crippen LogP contribution in [0.4, 0.5) is 26.3 Å². The molecule has 0 atom stereocenters. The maximum absolute atomic E-state index is 12.5. The van der Waals surface area contributed by atoms with E-state index in [1.165, 1.54) is 6.92 Å². The topological polar surface area (TPSA) is 71.5 Å². The molecule has 0 aromatic rings. The smallest absolute Gasteiger partial charge is 0.201 e. The Morgan fingerprint density at radius 3 is 1.29 bits per heavy atom. The summed E-state index contributed by atoms with van der Waals surface area (Å²) in [5.74, 6) is -0.447. The maximum atomic E-state index is 12.5. The number of sulfonamides is 2. The molecule has 0 aliphatic heterocycles. The summed E-state index contributed by atoms with van der Waals surface area (Å²) in [4.78, 5) is 0. The summed E-state index contributed by atoms with van der Waals surface area (Å²) in [5.41, 5.74) is -12.3. The highest BCUT2D eigenvalue weighted by Gasteiger charge is 2.64. The molecule has 0 heterocycles. The first-order valence-electron chi connectivity index (χ1n) is 5.07. The molecular weight excluding hydrogens is 372 g/mol. The SMILES string of the molecule is CCCS(C)(C)N(S(=O)(=O)C(F)(F)F)S(=O)(=O)C(F)(F)F. The van der Waals surface area contributed by atoms with Gasteiger partial charge in [-0.05, 0) is 27.8 Å². The van der Waals surface area contributed by atoms with Gasteiger partial charge < -0.3 is 0 Å². The van der Waals surface area contributed by atoms with Gasteiger partial charge >= 0.3 is 31.1 Å². The third-order valence-corrected chi connectivity index (χ3v) is 11.0. The Morgan fingerprint density at radius 2 is 1.10 bits per heavy atom. The zero-order valence-corrected chi connectivity index (χ0v) is 13.4. The van der Waals surface area contributed by atoms with Crippen molar-refractivity contribution in [2.75, 3.05) is 18.3 Å². The first kappa shape index (κ1) is 20.8. The molecule has 0 rings (SSSR count).